The Morgan fingerprint density at radius 3 is 2.62 bits per heavy atom. The maximum absolute atomic E-state index is 10.6. The topological polar surface area (TPSA) is 45.8 Å². The molecule has 2 aromatic rings. The van der Waals surface area contributed by atoms with Crippen LogP contribution >= 0.6 is 22.6 Å². The molecule has 0 fully saturated rings. The Labute approximate surface area is 107 Å². The molecule has 1 aromatic heterocycles. The third kappa shape index (κ3) is 2.16. The van der Waals surface area contributed by atoms with Crippen LogP contribution in [0.15, 0.2) is 30.3 Å². The zero-order valence-corrected chi connectivity index (χ0v) is 10.9. The van der Waals surface area contributed by atoms with Crippen molar-refractivity contribution >= 4 is 28.9 Å². The number of nitrogens with zero attached hydrogens (tertiary/aromatic N) is 1. The van der Waals surface area contributed by atoms with Gasteiger partial charge in [-0.3, -0.25) is 4.79 Å². The molecule has 82 valence electrons. The summed E-state index contributed by atoms with van der Waals surface area (Å²) in [7, 11) is 0. The Balaban J connectivity index is 2.37. The van der Waals surface area contributed by atoms with Gasteiger partial charge in [0, 0.05) is 5.92 Å². The minimum Gasteiger partial charge on any atom is -0.338 e. The fourth-order valence-corrected chi connectivity index (χ4v) is 2.50. The summed E-state index contributed by atoms with van der Waals surface area (Å²) in [5, 5.41) is 0. The van der Waals surface area contributed by atoms with Crippen molar-refractivity contribution in [1.82, 2.24) is 9.97 Å². The van der Waals surface area contributed by atoms with E-state index in [1.165, 1.54) is 5.56 Å². The molecule has 16 heavy (non-hydrogen) atoms. The molecule has 3 nitrogen and oxygen atoms in total. The summed E-state index contributed by atoms with van der Waals surface area (Å²) in [6.07, 6.45) is 0.739. The van der Waals surface area contributed by atoms with Crippen molar-refractivity contribution in [2.45, 2.75) is 12.8 Å². The average molecular weight is 326 g/mol. The molecule has 0 saturated heterocycles. The van der Waals surface area contributed by atoms with Gasteiger partial charge in [-0.2, -0.15) is 0 Å². The molecule has 4 heteroatoms. The molecule has 0 aliphatic rings. The molecular formula is C12H11IN2O. The number of aldehydes is 1. The molecule has 0 bridgehead atoms. The number of imidazole rings is 1. The molecule has 1 heterocycles. The van der Waals surface area contributed by atoms with Crippen molar-refractivity contribution in [3.05, 3.63) is 51.1 Å². The smallest absolute Gasteiger partial charge is 0.185 e. The highest BCUT2D eigenvalue weighted by molar-refractivity contribution is 14.1. The molecule has 0 radical (unpaired) electrons. The highest BCUT2D eigenvalue weighted by Crippen LogP contribution is 2.25. The minimum absolute atomic E-state index is 0.217. The summed E-state index contributed by atoms with van der Waals surface area (Å²) < 4.78 is 0.857. The van der Waals surface area contributed by atoms with E-state index >= 15 is 0 Å². The monoisotopic (exact) mass is 326 g/mol. The molecule has 2 rings (SSSR count). The van der Waals surface area contributed by atoms with Gasteiger partial charge in [0.2, 0.25) is 0 Å². The summed E-state index contributed by atoms with van der Waals surface area (Å²) in [6.45, 7) is 2.10. The van der Waals surface area contributed by atoms with Crippen LogP contribution in [0.5, 0.6) is 0 Å². The number of halogens is 1. The lowest BCUT2D eigenvalue weighted by Crippen LogP contribution is -1.98. The van der Waals surface area contributed by atoms with Crippen LogP contribution < -0.4 is 0 Å². The number of carbonyl (C=O) groups is 1. The van der Waals surface area contributed by atoms with Crippen LogP contribution in [0.1, 0.15) is 34.7 Å². The van der Waals surface area contributed by atoms with Gasteiger partial charge < -0.3 is 4.98 Å². The van der Waals surface area contributed by atoms with Gasteiger partial charge in [-0.15, -0.1) is 0 Å². The fraction of sp³-hybridized carbons (Fsp3) is 0.167. The molecule has 0 amide bonds. The second kappa shape index (κ2) is 4.78. The van der Waals surface area contributed by atoms with Crippen molar-refractivity contribution in [3.8, 4) is 0 Å². The van der Waals surface area contributed by atoms with Crippen LogP contribution in [-0.4, -0.2) is 16.3 Å². The normalized spacial score (nSPS) is 12.4. The summed E-state index contributed by atoms with van der Waals surface area (Å²) >= 11 is 2.15. The summed E-state index contributed by atoms with van der Waals surface area (Å²) in [5.74, 6) is 0.608. The fourth-order valence-electron chi connectivity index (χ4n) is 1.63. The van der Waals surface area contributed by atoms with Gasteiger partial charge >= 0.3 is 0 Å². The van der Waals surface area contributed by atoms with E-state index in [0.717, 1.165) is 15.7 Å². The molecule has 1 N–H and O–H groups in total. The number of benzene rings is 1. The van der Waals surface area contributed by atoms with Crippen LogP contribution in [0, 0.1) is 3.70 Å². The molecule has 0 aliphatic carbocycles. The van der Waals surface area contributed by atoms with Gasteiger partial charge in [0.05, 0.1) is 5.69 Å². The molecule has 0 aliphatic heterocycles. The average Bonchev–Trinajstić information content (AvgIpc) is 2.71. The second-order valence-electron chi connectivity index (χ2n) is 3.58. The van der Waals surface area contributed by atoms with E-state index < -0.39 is 0 Å². The van der Waals surface area contributed by atoms with Gasteiger partial charge in [0.1, 0.15) is 3.70 Å². The first-order valence-electron chi connectivity index (χ1n) is 4.98. The molecule has 1 atom stereocenters. The van der Waals surface area contributed by atoms with E-state index in [1.807, 2.05) is 18.2 Å². The first-order valence-corrected chi connectivity index (χ1v) is 6.05. The SMILES string of the molecule is CC(c1ccccc1)c1[nH]c(C=O)nc1I. The van der Waals surface area contributed by atoms with Crippen molar-refractivity contribution in [3.63, 3.8) is 0 Å². The van der Waals surface area contributed by atoms with E-state index in [2.05, 4.69) is 51.6 Å². The largest absolute Gasteiger partial charge is 0.338 e. The van der Waals surface area contributed by atoms with Crippen LogP contribution in [-0.2, 0) is 0 Å². The summed E-state index contributed by atoms with van der Waals surface area (Å²) in [4.78, 5) is 17.8. The van der Waals surface area contributed by atoms with Gasteiger partial charge in [0.15, 0.2) is 12.1 Å². The zero-order valence-electron chi connectivity index (χ0n) is 8.77. The third-order valence-corrected chi connectivity index (χ3v) is 3.37. The first-order chi connectivity index (χ1) is 7.72. The van der Waals surface area contributed by atoms with Gasteiger partial charge in [-0.05, 0) is 28.2 Å². The summed E-state index contributed by atoms with van der Waals surface area (Å²) in [6, 6.07) is 10.2. The van der Waals surface area contributed by atoms with Crippen LogP contribution in [0.3, 0.4) is 0 Å². The molecule has 1 unspecified atom stereocenters. The van der Waals surface area contributed by atoms with Crippen LogP contribution in [0.4, 0.5) is 0 Å². The minimum atomic E-state index is 0.217. The van der Waals surface area contributed by atoms with E-state index in [-0.39, 0.29) is 5.92 Å². The zero-order chi connectivity index (χ0) is 11.5. The lowest BCUT2D eigenvalue weighted by molar-refractivity contribution is 0.111. The lowest BCUT2D eigenvalue weighted by atomic mass is 9.99. The standard InChI is InChI=1S/C12H11IN2O/c1-8(9-5-3-2-4-6-9)11-12(13)15-10(7-16)14-11/h2-8H,1H3,(H,14,15). The predicted molar refractivity (Wildman–Crippen MR) is 70.7 cm³/mol. The van der Waals surface area contributed by atoms with Gasteiger partial charge in [-0.1, -0.05) is 37.3 Å². The number of carbonyl (C=O) groups excluding carboxylic acids is 1. The summed E-state index contributed by atoms with van der Waals surface area (Å²) in [5.41, 5.74) is 2.20. The van der Waals surface area contributed by atoms with Crippen molar-refractivity contribution in [1.29, 1.82) is 0 Å². The number of aromatic amines is 1. The maximum atomic E-state index is 10.6. The Kier molecular flexibility index (Phi) is 3.38. The van der Waals surface area contributed by atoms with Crippen molar-refractivity contribution in [2.24, 2.45) is 0 Å². The third-order valence-electron chi connectivity index (χ3n) is 2.55. The molecule has 1 aromatic carbocycles. The number of hydrogen-bond donors (Lipinski definition) is 1. The van der Waals surface area contributed by atoms with Crippen LogP contribution in [0.2, 0.25) is 0 Å². The Hall–Kier alpha value is -1.17. The number of nitrogens with one attached hydrogen (secondary N) is 1. The molecule has 0 spiro atoms. The maximum Gasteiger partial charge on any atom is 0.185 e. The van der Waals surface area contributed by atoms with Gasteiger partial charge in [-0.25, -0.2) is 4.98 Å². The lowest BCUT2D eigenvalue weighted by Gasteiger charge is -2.09. The second-order valence-corrected chi connectivity index (χ2v) is 4.60. The van der Waals surface area contributed by atoms with E-state index in [9.17, 15) is 4.79 Å². The quantitative estimate of drug-likeness (QED) is 0.696. The number of rotatable bonds is 3. The molecule has 0 saturated carbocycles. The van der Waals surface area contributed by atoms with Gasteiger partial charge in [0.25, 0.3) is 0 Å². The highest BCUT2D eigenvalue weighted by Gasteiger charge is 2.15. The predicted octanol–water partition coefficient (Wildman–Crippen LogP) is 2.98. The number of aromatic nitrogens is 2. The highest BCUT2D eigenvalue weighted by atomic mass is 127. The van der Waals surface area contributed by atoms with E-state index in [1.54, 1.807) is 0 Å². The number of H-pyrrole nitrogens is 1. The Morgan fingerprint density at radius 1 is 1.38 bits per heavy atom. The first kappa shape index (κ1) is 11.3. The van der Waals surface area contributed by atoms with Crippen molar-refractivity contribution in [2.75, 3.05) is 0 Å². The van der Waals surface area contributed by atoms with Crippen molar-refractivity contribution < 1.29 is 4.79 Å². The molecular weight excluding hydrogens is 315 g/mol. The Morgan fingerprint density at radius 2 is 2.06 bits per heavy atom. The van der Waals surface area contributed by atoms with Crippen LogP contribution in [0.25, 0.3) is 0 Å². The Bertz CT molecular complexity index is 493. The van der Waals surface area contributed by atoms with E-state index in [0.29, 0.717) is 5.82 Å². The van der Waals surface area contributed by atoms with E-state index in [4.69, 9.17) is 0 Å². The number of hydrogen-bond acceptors (Lipinski definition) is 2.